The first-order valence-electron chi connectivity index (χ1n) is 11.1. The third-order valence-corrected chi connectivity index (χ3v) is 5.43. The molecule has 186 valence electrons. The summed E-state index contributed by atoms with van der Waals surface area (Å²) in [5.74, 6) is -0.116. The maximum atomic E-state index is 13.7. The highest BCUT2D eigenvalue weighted by atomic mass is 35.5. The van der Waals surface area contributed by atoms with Crippen molar-refractivity contribution in [3.63, 3.8) is 0 Å². The van der Waals surface area contributed by atoms with Crippen LogP contribution < -0.4 is 15.4 Å². The fourth-order valence-corrected chi connectivity index (χ4v) is 3.60. The number of likely N-dealkylation sites (N-methyl/N-ethyl adjacent to an activating group) is 1. The molecule has 0 saturated heterocycles. The third-order valence-electron chi connectivity index (χ3n) is 5.14. The van der Waals surface area contributed by atoms with Crippen LogP contribution in [0.15, 0.2) is 73.2 Å². The molecule has 0 bridgehead atoms. The molecule has 0 aliphatic heterocycles. The van der Waals surface area contributed by atoms with Gasteiger partial charge in [0, 0.05) is 42.2 Å². The highest BCUT2D eigenvalue weighted by molar-refractivity contribution is 6.31. The Morgan fingerprint density at radius 1 is 1.24 bits per heavy atom. The molecule has 0 unspecified atom stereocenters. The van der Waals surface area contributed by atoms with Gasteiger partial charge in [0.25, 0.3) is 0 Å². The summed E-state index contributed by atoms with van der Waals surface area (Å²) in [5.41, 5.74) is 1.99. The van der Waals surface area contributed by atoms with Crippen molar-refractivity contribution in [2.75, 3.05) is 31.3 Å². The number of carbonyl (C=O) groups excluding carboxylic acids is 1. The van der Waals surface area contributed by atoms with E-state index in [1.807, 2.05) is 19.0 Å². The molecule has 0 aliphatic rings. The van der Waals surface area contributed by atoms with Gasteiger partial charge in [0.15, 0.2) is 5.75 Å². The monoisotopic (exact) mass is 516 g/mol. The maximum absolute atomic E-state index is 13.7. The third kappa shape index (κ3) is 6.38. The molecule has 8 nitrogen and oxygen atoms in total. The molecule has 2 heterocycles. The van der Waals surface area contributed by atoms with Crippen LogP contribution in [0.2, 0.25) is 5.02 Å². The number of anilines is 3. The molecule has 1 amide bonds. The van der Waals surface area contributed by atoms with Crippen molar-refractivity contribution in [1.82, 2.24) is 14.9 Å². The normalized spacial score (nSPS) is 11.0. The second kappa shape index (κ2) is 11.5. The van der Waals surface area contributed by atoms with Gasteiger partial charge < -0.3 is 20.3 Å². The van der Waals surface area contributed by atoms with E-state index in [4.69, 9.17) is 16.3 Å². The van der Waals surface area contributed by atoms with Crippen LogP contribution >= 0.6 is 11.6 Å². The van der Waals surface area contributed by atoms with E-state index in [-0.39, 0.29) is 16.5 Å². The van der Waals surface area contributed by atoms with Crippen molar-refractivity contribution >= 4 is 45.5 Å². The zero-order valence-corrected chi connectivity index (χ0v) is 20.8. The lowest BCUT2D eigenvalue weighted by atomic mass is 10.1. The molecule has 37 heavy (non-hydrogen) atoms. The SMILES string of the molecule is CN(C)CC=CC(=O)Nc1cc2c(Nc3ccc(F)c(Cl)c3)c(C#N)cnc2cc1Oc1cccnc1. The topological polar surface area (TPSA) is 103 Å². The van der Waals surface area contributed by atoms with Gasteiger partial charge >= 0.3 is 0 Å². The van der Waals surface area contributed by atoms with Crippen molar-refractivity contribution < 1.29 is 13.9 Å². The summed E-state index contributed by atoms with van der Waals surface area (Å²) in [6, 6.07) is 13.1. The molecule has 0 aliphatic carbocycles. The summed E-state index contributed by atoms with van der Waals surface area (Å²) in [4.78, 5) is 23.1. The Labute approximate surface area is 218 Å². The predicted octanol–water partition coefficient (Wildman–Crippen LogP) is 5.89. The number of fused-ring (bicyclic) bond motifs is 1. The van der Waals surface area contributed by atoms with Gasteiger partial charge in [-0.2, -0.15) is 5.26 Å². The fourth-order valence-electron chi connectivity index (χ4n) is 3.42. The van der Waals surface area contributed by atoms with Gasteiger partial charge in [0.2, 0.25) is 5.91 Å². The predicted molar refractivity (Wildman–Crippen MR) is 142 cm³/mol. The number of nitriles is 1. The molecule has 0 fully saturated rings. The number of hydrogen-bond acceptors (Lipinski definition) is 7. The Balaban J connectivity index is 1.81. The van der Waals surface area contributed by atoms with Crippen LogP contribution in [-0.2, 0) is 4.79 Å². The highest BCUT2D eigenvalue weighted by Gasteiger charge is 2.16. The maximum Gasteiger partial charge on any atom is 0.248 e. The summed E-state index contributed by atoms with van der Waals surface area (Å²) < 4.78 is 19.7. The first-order valence-corrected chi connectivity index (χ1v) is 11.5. The Kier molecular flexibility index (Phi) is 7.93. The van der Waals surface area contributed by atoms with E-state index < -0.39 is 5.82 Å². The number of benzene rings is 2. The summed E-state index contributed by atoms with van der Waals surface area (Å²) in [6.07, 6.45) is 7.76. The van der Waals surface area contributed by atoms with Crippen LogP contribution in [0.5, 0.6) is 11.5 Å². The molecule has 2 N–H and O–H groups in total. The minimum absolute atomic E-state index is 0.0634. The Bertz CT molecular complexity index is 1520. The molecule has 4 rings (SSSR count). The van der Waals surface area contributed by atoms with Crippen molar-refractivity contribution in [3.8, 4) is 17.6 Å². The first kappa shape index (κ1) is 25.6. The van der Waals surface area contributed by atoms with Crippen LogP contribution in [0.3, 0.4) is 0 Å². The Hall–Kier alpha value is -4.52. The lowest BCUT2D eigenvalue weighted by Crippen LogP contribution is -2.13. The molecule has 0 saturated carbocycles. The number of amides is 1. The van der Waals surface area contributed by atoms with E-state index >= 15 is 0 Å². The van der Waals surface area contributed by atoms with Crippen LogP contribution in [0.25, 0.3) is 10.9 Å². The van der Waals surface area contributed by atoms with E-state index in [1.165, 1.54) is 30.5 Å². The van der Waals surface area contributed by atoms with Crippen LogP contribution in [0.1, 0.15) is 5.56 Å². The second-order valence-electron chi connectivity index (χ2n) is 8.22. The molecule has 0 radical (unpaired) electrons. The van der Waals surface area contributed by atoms with Gasteiger partial charge in [0.1, 0.15) is 17.6 Å². The van der Waals surface area contributed by atoms with Gasteiger partial charge in [-0.1, -0.05) is 17.7 Å². The van der Waals surface area contributed by atoms with E-state index in [0.29, 0.717) is 46.0 Å². The standard InChI is InChI=1S/C27H22ClFN6O2/c1-35(2)10-4-6-26(36)34-24-12-20-23(13-25(24)37-19-5-3-9-31-16-19)32-15-17(14-30)27(20)33-18-7-8-22(29)21(28)11-18/h3-9,11-13,15-16H,10H2,1-2H3,(H,32,33)(H,34,36). The molecule has 0 atom stereocenters. The molecular formula is C27H22ClFN6O2. The number of pyridine rings is 2. The number of carbonyl (C=O) groups is 1. The average molecular weight is 517 g/mol. The number of ether oxygens (including phenoxy) is 1. The van der Waals surface area contributed by atoms with Gasteiger partial charge in [-0.3, -0.25) is 14.8 Å². The Morgan fingerprint density at radius 3 is 2.78 bits per heavy atom. The molecule has 0 spiro atoms. The molecule has 10 heteroatoms. The minimum atomic E-state index is -0.558. The van der Waals surface area contributed by atoms with Crippen LogP contribution in [-0.4, -0.2) is 41.4 Å². The number of nitrogens with one attached hydrogen (secondary N) is 2. The van der Waals surface area contributed by atoms with Gasteiger partial charge in [-0.05, 0) is 50.5 Å². The minimum Gasteiger partial charge on any atom is -0.453 e. The Morgan fingerprint density at radius 2 is 2.08 bits per heavy atom. The van der Waals surface area contributed by atoms with Gasteiger partial charge in [-0.15, -0.1) is 0 Å². The summed E-state index contributed by atoms with van der Waals surface area (Å²) >= 11 is 5.94. The van der Waals surface area contributed by atoms with Crippen molar-refractivity contribution in [1.29, 1.82) is 5.26 Å². The molecule has 4 aromatic rings. The smallest absolute Gasteiger partial charge is 0.248 e. The number of aromatic nitrogens is 2. The van der Waals surface area contributed by atoms with E-state index in [1.54, 1.807) is 42.7 Å². The second-order valence-corrected chi connectivity index (χ2v) is 8.63. The van der Waals surface area contributed by atoms with Crippen LogP contribution in [0.4, 0.5) is 21.5 Å². The van der Waals surface area contributed by atoms with Gasteiger partial charge in [-0.25, -0.2) is 4.39 Å². The quantitative estimate of drug-likeness (QED) is 0.281. The number of rotatable bonds is 8. The molecular weight excluding hydrogens is 495 g/mol. The van der Waals surface area contributed by atoms with E-state index in [0.717, 1.165) is 0 Å². The van der Waals surface area contributed by atoms with Crippen molar-refractivity contribution in [2.24, 2.45) is 0 Å². The molecule has 2 aromatic heterocycles. The van der Waals surface area contributed by atoms with Crippen molar-refractivity contribution in [3.05, 3.63) is 89.6 Å². The van der Waals surface area contributed by atoms with E-state index in [9.17, 15) is 14.4 Å². The lowest BCUT2D eigenvalue weighted by Gasteiger charge is -2.16. The summed E-state index contributed by atoms with van der Waals surface area (Å²) in [5, 5.41) is 16.2. The number of hydrogen-bond donors (Lipinski definition) is 2. The zero-order valence-electron chi connectivity index (χ0n) is 20.0. The fraction of sp³-hybridized carbons (Fsp3) is 0.111. The van der Waals surface area contributed by atoms with Crippen LogP contribution in [0, 0.1) is 17.1 Å². The first-order chi connectivity index (χ1) is 17.8. The van der Waals surface area contributed by atoms with Crippen molar-refractivity contribution in [2.45, 2.75) is 0 Å². The zero-order chi connectivity index (χ0) is 26.4. The lowest BCUT2D eigenvalue weighted by molar-refractivity contribution is -0.111. The highest BCUT2D eigenvalue weighted by Crippen LogP contribution is 2.38. The molecule has 2 aromatic carbocycles. The average Bonchev–Trinajstić information content (AvgIpc) is 2.87. The van der Waals surface area contributed by atoms with E-state index in [2.05, 4.69) is 26.7 Å². The summed E-state index contributed by atoms with van der Waals surface area (Å²) in [7, 11) is 3.79. The number of halogens is 2. The summed E-state index contributed by atoms with van der Waals surface area (Å²) in [6.45, 7) is 0.591. The largest absolute Gasteiger partial charge is 0.453 e. The number of nitrogens with zero attached hydrogens (tertiary/aromatic N) is 4. The van der Waals surface area contributed by atoms with Gasteiger partial charge in [0.05, 0.1) is 33.7 Å².